The smallest absolute Gasteiger partial charge is 0.266 e. The lowest BCUT2D eigenvalue weighted by molar-refractivity contribution is -0.665. The number of aryl methyl sites for hydroxylation is 1. The highest BCUT2D eigenvalue weighted by Gasteiger charge is 2.18. The Hall–Kier alpha value is -1.07. The molecule has 1 aromatic heterocycles. The highest BCUT2D eigenvalue weighted by molar-refractivity contribution is 7.18. The standard InChI is InChI=1S/C15H20NO2S.BrH/c1-5-16-13-10-12(17-4)7-8-14(13)19-15(16)9-11(3)18-6-2;/h7-10H,5-6H2,1-4H3;1H/q+1;/p-1. The summed E-state index contributed by atoms with van der Waals surface area (Å²) in [6.07, 6.45) is 2.10. The number of ether oxygens (including phenoxy) is 2. The minimum atomic E-state index is 0. The molecule has 0 unspecified atom stereocenters. The van der Waals surface area contributed by atoms with E-state index in [1.807, 2.05) is 19.9 Å². The van der Waals surface area contributed by atoms with Crippen molar-refractivity contribution in [2.45, 2.75) is 27.3 Å². The Morgan fingerprint density at radius 3 is 2.70 bits per heavy atom. The SMILES string of the molecule is CCOC(C)=Cc1sc2ccc(OC)cc2[n+]1CC.[Br-]. The number of aromatic nitrogens is 1. The monoisotopic (exact) mass is 357 g/mol. The molecule has 5 heteroatoms. The van der Waals surface area contributed by atoms with Gasteiger partial charge in [0.05, 0.1) is 25.9 Å². The maximum atomic E-state index is 5.52. The van der Waals surface area contributed by atoms with E-state index in [0.717, 1.165) is 18.1 Å². The molecule has 0 amide bonds. The van der Waals surface area contributed by atoms with E-state index in [-0.39, 0.29) is 17.0 Å². The van der Waals surface area contributed by atoms with Gasteiger partial charge in [0.25, 0.3) is 5.01 Å². The third-order valence-corrected chi connectivity index (χ3v) is 4.06. The number of hydrogen-bond donors (Lipinski definition) is 0. The first-order chi connectivity index (χ1) is 9.19. The Morgan fingerprint density at radius 2 is 2.10 bits per heavy atom. The summed E-state index contributed by atoms with van der Waals surface area (Å²) in [5.74, 6) is 1.84. The lowest BCUT2D eigenvalue weighted by atomic mass is 10.3. The fraction of sp³-hybridized carbons (Fsp3) is 0.400. The maximum absolute atomic E-state index is 5.52. The molecule has 110 valence electrons. The normalized spacial score (nSPS) is 11.3. The average Bonchev–Trinajstić information content (AvgIpc) is 2.74. The summed E-state index contributed by atoms with van der Waals surface area (Å²) in [7, 11) is 1.70. The molecule has 2 aromatic rings. The van der Waals surface area contributed by atoms with Gasteiger partial charge in [-0.1, -0.05) is 11.3 Å². The van der Waals surface area contributed by atoms with Crippen molar-refractivity contribution in [1.82, 2.24) is 0 Å². The Morgan fingerprint density at radius 1 is 1.35 bits per heavy atom. The molecule has 1 heterocycles. The highest BCUT2D eigenvalue weighted by atomic mass is 79.9. The molecule has 0 bridgehead atoms. The quantitative estimate of drug-likeness (QED) is 0.578. The topological polar surface area (TPSA) is 22.3 Å². The van der Waals surface area contributed by atoms with Crippen LogP contribution in [0.5, 0.6) is 5.75 Å². The van der Waals surface area contributed by atoms with Crippen molar-refractivity contribution in [3.8, 4) is 5.75 Å². The first kappa shape index (κ1) is 17.0. The molecule has 0 saturated heterocycles. The summed E-state index contributed by atoms with van der Waals surface area (Å²) in [4.78, 5) is 0. The largest absolute Gasteiger partial charge is 1.00 e. The number of benzene rings is 1. The number of hydrogen-bond acceptors (Lipinski definition) is 3. The predicted octanol–water partition coefficient (Wildman–Crippen LogP) is 0.619. The third-order valence-electron chi connectivity index (χ3n) is 2.95. The van der Waals surface area contributed by atoms with Gasteiger partial charge in [-0.25, -0.2) is 0 Å². The van der Waals surface area contributed by atoms with Gasteiger partial charge in [0.1, 0.15) is 22.8 Å². The van der Waals surface area contributed by atoms with Crippen LogP contribution in [0.15, 0.2) is 24.0 Å². The van der Waals surface area contributed by atoms with E-state index in [1.54, 1.807) is 18.4 Å². The van der Waals surface area contributed by atoms with Crippen molar-refractivity contribution >= 4 is 27.6 Å². The van der Waals surface area contributed by atoms with E-state index in [0.29, 0.717) is 6.61 Å². The molecular weight excluding hydrogens is 338 g/mol. The predicted molar refractivity (Wildman–Crippen MR) is 79.5 cm³/mol. The summed E-state index contributed by atoms with van der Waals surface area (Å²) >= 11 is 1.77. The second kappa shape index (κ2) is 7.64. The number of rotatable bonds is 5. The molecule has 3 nitrogen and oxygen atoms in total. The molecule has 0 fully saturated rings. The van der Waals surface area contributed by atoms with Gasteiger partial charge in [-0.15, -0.1) is 0 Å². The first-order valence-electron chi connectivity index (χ1n) is 6.51. The average molecular weight is 358 g/mol. The molecule has 0 aliphatic heterocycles. The molecule has 20 heavy (non-hydrogen) atoms. The fourth-order valence-electron chi connectivity index (χ4n) is 2.08. The van der Waals surface area contributed by atoms with Gasteiger partial charge in [-0.05, 0) is 32.9 Å². The second-order valence-electron chi connectivity index (χ2n) is 4.21. The van der Waals surface area contributed by atoms with Crippen LogP contribution in [-0.4, -0.2) is 13.7 Å². The number of fused-ring (bicyclic) bond motifs is 1. The van der Waals surface area contributed by atoms with Crippen molar-refractivity contribution in [1.29, 1.82) is 0 Å². The second-order valence-corrected chi connectivity index (χ2v) is 5.27. The van der Waals surface area contributed by atoms with E-state index >= 15 is 0 Å². The lowest BCUT2D eigenvalue weighted by Crippen LogP contribution is -3.00. The van der Waals surface area contributed by atoms with E-state index in [4.69, 9.17) is 9.47 Å². The van der Waals surface area contributed by atoms with Crippen molar-refractivity contribution in [2.24, 2.45) is 0 Å². The molecule has 0 radical (unpaired) electrons. The molecule has 0 aliphatic carbocycles. The van der Waals surface area contributed by atoms with Gasteiger partial charge in [0.15, 0.2) is 0 Å². The van der Waals surface area contributed by atoms with Crippen LogP contribution >= 0.6 is 11.3 Å². The Balaban J connectivity index is 0.00000200. The Bertz CT molecular complexity index is 607. The fourth-order valence-corrected chi connectivity index (χ4v) is 3.28. The zero-order valence-electron chi connectivity index (χ0n) is 12.3. The first-order valence-corrected chi connectivity index (χ1v) is 7.32. The summed E-state index contributed by atoms with van der Waals surface area (Å²) in [6, 6.07) is 6.20. The van der Waals surface area contributed by atoms with Gasteiger partial charge in [0.2, 0.25) is 5.52 Å². The van der Waals surface area contributed by atoms with Crippen LogP contribution in [0, 0.1) is 0 Å². The third kappa shape index (κ3) is 3.52. The van der Waals surface area contributed by atoms with Gasteiger partial charge in [-0.2, -0.15) is 4.57 Å². The van der Waals surface area contributed by atoms with E-state index < -0.39 is 0 Å². The lowest BCUT2D eigenvalue weighted by Gasteiger charge is -2.00. The van der Waals surface area contributed by atoms with Crippen LogP contribution in [0.1, 0.15) is 25.8 Å². The van der Waals surface area contributed by atoms with Crippen LogP contribution in [0.4, 0.5) is 0 Å². The molecule has 0 saturated carbocycles. The highest BCUT2D eigenvalue weighted by Crippen LogP contribution is 2.26. The Kier molecular flexibility index (Phi) is 6.49. The minimum Gasteiger partial charge on any atom is -1.00 e. The zero-order chi connectivity index (χ0) is 13.8. The van der Waals surface area contributed by atoms with Crippen molar-refractivity contribution in [3.05, 3.63) is 29.0 Å². The number of methoxy groups -OCH3 is 1. The zero-order valence-corrected chi connectivity index (χ0v) is 14.7. The summed E-state index contributed by atoms with van der Waals surface area (Å²) in [5.41, 5.74) is 1.21. The number of halogens is 1. The van der Waals surface area contributed by atoms with E-state index in [9.17, 15) is 0 Å². The minimum absolute atomic E-state index is 0. The van der Waals surface area contributed by atoms with Crippen molar-refractivity contribution in [3.63, 3.8) is 0 Å². The van der Waals surface area contributed by atoms with Crippen LogP contribution in [0.25, 0.3) is 16.3 Å². The molecule has 2 rings (SSSR count). The number of thiazole rings is 1. The van der Waals surface area contributed by atoms with Crippen molar-refractivity contribution in [2.75, 3.05) is 13.7 Å². The summed E-state index contributed by atoms with van der Waals surface area (Å²) < 4.78 is 14.4. The van der Waals surface area contributed by atoms with Gasteiger partial charge in [-0.3, -0.25) is 0 Å². The van der Waals surface area contributed by atoms with E-state index in [2.05, 4.69) is 29.7 Å². The van der Waals surface area contributed by atoms with Gasteiger partial charge < -0.3 is 26.5 Å². The molecule has 1 aromatic carbocycles. The van der Waals surface area contributed by atoms with Gasteiger partial charge in [0, 0.05) is 0 Å². The summed E-state index contributed by atoms with van der Waals surface area (Å²) in [5, 5.41) is 1.21. The molecular formula is C15H20BrNO2S. The van der Waals surface area contributed by atoms with Crippen molar-refractivity contribution < 1.29 is 31.0 Å². The number of allylic oxidation sites excluding steroid dienone is 1. The number of nitrogens with zero attached hydrogens (tertiary/aromatic N) is 1. The molecule has 0 aliphatic rings. The molecule has 0 N–H and O–H groups in total. The molecule has 0 atom stereocenters. The van der Waals surface area contributed by atoms with Crippen LogP contribution in [0.3, 0.4) is 0 Å². The van der Waals surface area contributed by atoms with E-state index in [1.165, 1.54) is 15.2 Å². The van der Waals surface area contributed by atoms with Crippen LogP contribution < -0.4 is 26.3 Å². The molecule has 0 spiro atoms. The maximum Gasteiger partial charge on any atom is 0.266 e. The Labute approximate surface area is 134 Å². The van der Waals surface area contributed by atoms with Gasteiger partial charge >= 0.3 is 0 Å². The van der Waals surface area contributed by atoms with Crippen LogP contribution in [-0.2, 0) is 11.3 Å². The summed E-state index contributed by atoms with van der Waals surface area (Å²) in [6.45, 7) is 7.78. The van der Waals surface area contributed by atoms with Crippen LogP contribution in [0.2, 0.25) is 0 Å².